The predicted octanol–water partition coefficient (Wildman–Crippen LogP) is 3.89. The second-order valence-corrected chi connectivity index (χ2v) is 4.72. The lowest BCUT2D eigenvalue weighted by Crippen LogP contribution is -2.21. The van der Waals surface area contributed by atoms with E-state index in [4.69, 9.17) is 11.6 Å². The maximum atomic E-state index is 11.4. The number of carboxylic acid groups (broad SMARTS) is 1. The van der Waals surface area contributed by atoms with E-state index < -0.39 is 12.0 Å². The molecular formula is C15H14ClNO2. The van der Waals surface area contributed by atoms with Crippen molar-refractivity contribution in [2.45, 2.75) is 13.0 Å². The van der Waals surface area contributed by atoms with Crippen LogP contribution in [0.15, 0.2) is 48.5 Å². The van der Waals surface area contributed by atoms with Gasteiger partial charge in [0, 0.05) is 10.7 Å². The van der Waals surface area contributed by atoms with Crippen molar-refractivity contribution in [3.63, 3.8) is 0 Å². The highest BCUT2D eigenvalue weighted by atomic mass is 35.5. The van der Waals surface area contributed by atoms with E-state index in [-0.39, 0.29) is 0 Å². The Kier molecular flexibility index (Phi) is 4.07. The fraction of sp³-hybridized carbons (Fsp3) is 0.133. The summed E-state index contributed by atoms with van der Waals surface area (Å²) in [4.78, 5) is 11.4. The number of aryl methyl sites for hydroxylation is 1. The predicted molar refractivity (Wildman–Crippen MR) is 76.6 cm³/mol. The molecule has 0 aromatic heterocycles. The van der Waals surface area contributed by atoms with Gasteiger partial charge < -0.3 is 10.4 Å². The number of benzene rings is 2. The molecule has 2 rings (SSSR count). The Morgan fingerprint density at radius 3 is 2.58 bits per heavy atom. The number of hydrogen-bond acceptors (Lipinski definition) is 2. The second kappa shape index (κ2) is 5.76. The van der Waals surface area contributed by atoms with Crippen LogP contribution < -0.4 is 5.32 Å². The minimum atomic E-state index is -0.922. The summed E-state index contributed by atoms with van der Waals surface area (Å²) in [6.45, 7) is 1.89. The molecule has 0 saturated heterocycles. The lowest BCUT2D eigenvalue weighted by atomic mass is 10.0. The van der Waals surface area contributed by atoms with Crippen LogP contribution in [-0.4, -0.2) is 11.1 Å². The van der Waals surface area contributed by atoms with Crippen LogP contribution in [0.25, 0.3) is 0 Å². The normalized spacial score (nSPS) is 11.9. The van der Waals surface area contributed by atoms with Gasteiger partial charge in [-0.2, -0.15) is 0 Å². The molecular weight excluding hydrogens is 262 g/mol. The summed E-state index contributed by atoms with van der Waals surface area (Å²) in [6.07, 6.45) is 0. The van der Waals surface area contributed by atoms with Gasteiger partial charge in [-0.3, -0.25) is 0 Å². The van der Waals surface area contributed by atoms with Gasteiger partial charge in [-0.05, 0) is 36.2 Å². The molecule has 4 heteroatoms. The number of carbonyl (C=O) groups is 1. The smallest absolute Gasteiger partial charge is 0.330 e. The molecule has 0 saturated carbocycles. The number of rotatable bonds is 4. The topological polar surface area (TPSA) is 49.3 Å². The molecule has 2 aromatic carbocycles. The van der Waals surface area contributed by atoms with Crippen molar-refractivity contribution >= 4 is 23.3 Å². The zero-order valence-corrected chi connectivity index (χ0v) is 11.2. The number of anilines is 1. The van der Waals surface area contributed by atoms with Crippen molar-refractivity contribution in [1.82, 2.24) is 0 Å². The molecule has 0 radical (unpaired) electrons. The molecule has 98 valence electrons. The maximum Gasteiger partial charge on any atom is 0.330 e. The summed E-state index contributed by atoms with van der Waals surface area (Å²) < 4.78 is 0. The van der Waals surface area contributed by atoms with Gasteiger partial charge in [-0.1, -0.05) is 41.9 Å². The highest BCUT2D eigenvalue weighted by Gasteiger charge is 2.21. The summed E-state index contributed by atoms with van der Waals surface area (Å²) in [7, 11) is 0. The van der Waals surface area contributed by atoms with E-state index in [0.717, 1.165) is 11.1 Å². The molecule has 1 unspecified atom stereocenters. The highest BCUT2D eigenvalue weighted by Crippen LogP contribution is 2.24. The van der Waals surface area contributed by atoms with Crippen LogP contribution in [-0.2, 0) is 4.79 Å². The zero-order chi connectivity index (χ0) is 13.8. The van der Waals surface area contributed by atoms with Crippen molar-refractivity contribution in [3.05, 3.63) is 64.7 Å². The third-order valence-corrected chi connectivity index (χ3v) is 3.12. The molecule has 2 N–H and O–H groups in total. The van der Waals surface area contributed by atoms with Gasteiger partial charge in [0.1, 0.15) is 0 Å². The average Bonchev–Trinajstić information content (AvgIpc) is 2.37. The van der Waals surface area contributed by atoms with E-state index in [0.29, 0.717) is 10.7 Å². The van der Waals surface area contributed by atoms with Gasteiger partial charge >= 0.3 is 5.97 Å². The molecule has 0 aliphatic heterocycles. The quantitative estimate of drug-likeness (QED) is 0.890. The maximum absolute atomic E-state index is 11.4. The summed E-state index contributed by atoms with van der Waals surface area (Å²) in [5, 5.41) is 12.9. The number of aliphatic carboxylic acids is 1. The van der Waals surface area contributed by atoms with E-state index >= 15 is 0 Å². The Labute approximate surface area is 116 Å². The molecule has 3 nitrogen and oxygen atoms in total. The van der Waals surface area contributed by atoms with Gasteiger partial charge in [-0.15, -0.1) is 0 Å². The summed E-state index contributed by atoms with van der Waals surface area (Å²) in [5.74, 6) is -0.922. The average molecular weight is 276 g/mol. The van der Waals surface area contributed by atoms with Crippen molar-refractivity contribution in [1.29, 1.82) is 0 Å². The van der Waals surface area contributed by atoms with Crippen molar-refractivity contribution < 1.29 is 9.90 Å². The van der Waals surface area contributed by atoms with Crippen LogP contribution in [0.4, 0.5) is 5.69 Å². The number of carboxylic acids is 1. The summed E-state index contributed by atoms with van der Waals surface area (Å²) in [6, 6.07) is 13.7. The SMILES string of the molecule is Cc1ccccc1C(Nc1cccc(Cl)c1)C(=O)O. The lowest BCUT2D eigenvalue weighted by molar-refractivity contribution is -0.138. The highest BCUT2D eigenvalue weighted by molar-refractivity contribution is 6.30. The summed E-state index contributed by atoms with van der Waals surface area (Å²) in [5.41, 5.74) is 2.36. The standard InChI is InChI=1S/C15H14ClNO2/c1-10-5-2-3-8-13(10)14(15(18)19)17-12-7-4-6-11(16)9-12/h2-9,14,17H,1H3,(H,18,19). The van der Waals surface area contributed by atoms with Crippen molar-refractivity contribution in [2.75, 3.05) is 5.32 Å². The first kappa shape index (κ1) is 13.4. The van der Waals surface area contributed by atoms with Gasteiger partial charge in [0.15, 0.2) is 6.04 Å². The molecule has 0 aliphatic rings. The molecule has 0 heterocycles. The molecule has 0 fully saturated rings. The summed E-state index contributed by atoms with van der Waals surface area (Å²) >= 11 is 5.90. The lowest BCUT2D eigenvalue weighted by Gasteiger charge is -2.18. The third kappa shape index (κ3) is 3.26. The van der Waals surface area contributed by atoms with Crippen molar-refractivity contribution in [2.24, 2.45) is 0 Å². The first-order chi connectivity index (χ1) is 9.08. The van der Waals surface area contributed by atoms with E-state index in [1.165, 1.54) is 0 Å². The largest absolute Gasteiger partial charge is 0.479 e. The molecule has 19 heavy (non-hydrogen) atoms. The fourth-order valence-electron chi connectivity index (χ4n) is 1.93. The first-order valence-electron chi connectivity index (χ1n) is 5.88. The molecule has 1 atom stereocenters. The molecule has 0 aliphatic carbocycles. The Morgan fingerprint density at radius 2 is 1.95 bits per heavy atom. The van der Waals surface area contributed by atoms with Crippen LogP contribution in [0.3, 0.4) is 0 Å². The van der Waals surface area contributed by atoms with E-state index in [1.807, 2.05) is 31.2 Å². The van der Waals surface area contributed by atoms with Gasteiger partial charge in [-0.25, -0.2) is 4.79 Å². The first-order valence-corrected chi connectivity index (χ1v) is 6.26. The van der Waals surface area contributed by atoms with Gasteiger partial charge in [0.2, 0.25) is 0 Å². The van der Waals surface area contributed by atoms with Crippen LogP contribution in [0.2, 0.25) is 5.02 Å². The van der Waals surface area contributed by atoms with Crippen molar-refractivity contribution in [3.8, 4) is 0 Å². The van der Waals surface area contributed by atoms with E-state index in [9.17, 15) is 9.90 Å². The number of hydrogen-bond donors (Lipinski definition) is 2. The van der Waals surface area contributed by atoms with Crippen LogP contribution in [0, 0.1) is 6.92 Å². The number of nitrogens with one attached hydrogen (secondary N) is 1. The van der Waals surface area contributed by atoms with Crippen LogP contribution in [0.1, 0.15) is 17.2 Å². The van der Waals surface area contributed by atoms with E-state index in [1.54, 1.807) is 24.3 Å². The van der Waals surface area contributed by atoms with Gasteiger partial charge in [0.05, 0.1) is 0 Å². The van der Waals surface area contributed by atoms with E-state index in [2.05, 4.69) is 5.32 Å². The Morgan fingerprint density at radius 1 is 1.21 bits per heavy atom. The van der Waals surface area contributed by atoms with Crippen LogP contribution in [0.5, 0.6) is 0 Å². The fourth-order valence-corrected chi connectivity index (χ4v) is 2.12. The Hall–Kier alpha value is -2.00. The second-order valence-electron chi connectivity index (χ2n) is 4.28. The molecule has 0 amide bonds. The number of halogens is 1. The Bertz CT molecular complexity index is 598. The Balaban J connectivity index is 2.32. The minimum absolute atomic E-state index is 0.568. The monoisotopic (exact) mass is 275 g/mol. The zero-order valence-electron chi connectivity index (χ0n) is 10.4. The molecule has 0 spiro atoms. The molecule has 0 bridgehead atoms. The van der Waals surface area contributed by atoms with Gasteiger partial charge in [0.25, 0.3) is 0 Å². The third-order valence-electron chi connectivity index (χ3n) is 2.88. The molecule has 2 aromatic rings. The minimum Gasteiger partial charge on any atom is -0.479 e. The van der Waals surface area contributed by atoms with Crippen LogP contribution >= 0.6 is 11.6 Å².